The Balaban J connectivity index is 5.31. The summed E-state index contributed by atoms with van der Waals surface area (Å²) in [6.07, 6.45) is 4.70. The van der Waals surface area contributed by atoms with Crippen LogP contribution in [0, 0.1) is 12.3 Å². The van der Waals surface area contributed by atoms with Crippen LogP contribution in [0.3, 0.4) is 0 Å². The number of hydrogen-bond acceptors (Lipinski definition) is 6. The standard InChI is InChI=1S/C8H13O6PS/c1-4-7-8(12-5-2,13-6-3)16(10,11)14-15-9/h1H,5-7H2,2-3H3. The number of terminal acetylenes is 1. The fraction of sp³-hybridized carbons (Fsp3) is 0.750. The van der Waals surface area contributed by atoms with Gasteiger partial charge in [-0.3, -0.25) is 0 Å². The van der Waals surface area contributed by atoms with E-state index in [0.717, 1.165) is 0 Å². The average molecular weight is 268 g/mol. The first-order valence-corrected chi connectivity index (χ1v) is 6.60. The zero-order valence-corrected chi connectivity index (χ0v) is 10.7. The molecule has 0 aliphatic heterocycles. The molecule has 6 nitrogen and oxygen atoms in total. The SMILES string of the molecule is C#CCC(OCC)(OCC)S(=O)(=O)OP=O. The molecule has 0 fully saturated rings. The van der Waals surface area contributed by atoms with Crippen molar-refractivity contribution in [2.75, 3.05) is 13.2 Å². The Bertz CT molecular complexity index is 351. The molecule has 0 heterocycles. The third kappa shape index (κ3) is 3.51. The quantitative estimate of drug-likeness (QED) is 0.375. The predicted molar refractivity (Wildman–Crippen MR) is 57.0 cm³/mol. The molecule has 0 saturated carbocycles. The van der Waals surface area contributed by atoms with Crippen molar-refractivity contribution in [1.82, 2.24) is 0 Å². The Kier molecular flexibility index (Phi) is 6.72. The molecular weight excluding hydrogens is 255 g/mol. The Hall–Kier alpha value is -0.510. The van der Waals surface area contributed by atoms with E-state index in [0.29, 0.717) is 0 Å². The van der Waals surface area contributed by atoms with Crippen LogP contribution in [-0.2, 0) is 28.1 Å². The molecule has 0 unspecified atom stereocenters. The van der Waals surface area contributed by atoms with E-state index < -0.39 is 23.9 Å². The lowest BCUT2D eigenvalue weighted by Gasteiger charge is -2.28. The van der Waals surface area contributed by atoms with Crippen LogP contribution in [0.5, 0.6) is 0 Å². The molecule has 0 aliphatic carbocycles. The Labute approximate surface area is 96.7 Å². The lowest BCUT2D eigenvalue weighted by Crippen LogP contribution is -2.44. The van der Waals surface area contributed by atoms with Crippen LogP contribution >= 0.6 is 8.69 Å². The minimum Gasteiger partial charge on any atom is -0.335 e. The van der Waals surface area contributed by atoms with Crippen molar-refractivity contribution in [2.45, 2.75) is 25.4 Å². The van der Waals surface area contributed by atoms with Crippen LogP contribution in [0.15, 0.2) is 0 Å². The highest BCUT2D eigenvalue weighted by Gasteiger charge is 2.47. The van der Waals surface area contributed by atoms with Crippen LogP contribution in [0.1, 0.15) is 20.3 Å². The lowest BCUT2D eigenvalue weighted by atomic mass is 10.4. The topological polar surface area (TPSA) is 78.9 Å². The molecule has 92 valence electrons. The highest BCUT2D eigenvalue weighted by atomic mass is 32.2. The first-order chi connectivity index (χ1) is 7.49. The van der Waals surface area contributed by atoms with Gasteiger partial charge in [0.1, 0.15) is 0 Å². The molecule has 0 aromatic rings. The molecule has 0 N–H and O–H groups in total. The van der Waals surface area contributed by atoms with E-state index in [4.69, 9.17) is 15.9 Å². The Morgan fingerprint density at radius 2 is 1.81 bits per heavy atom. The fourth-order valence-corrected chi connectivity index (χ4v) is 2.60. The fourth-order valence-electron chi connectivity index (χ4n) is 1.04. The normalized spacial score (nSPS) is 12.6. The van der Waals surface area contributed by atoms with E-state index in [1.165, 1.54) is 0 Å². The third-order valence-corrected chi connectivity index (χ3v) is 3.73. The van der Waals surface area contributed by atoms with Crippen molar-refractivity contribution in [3.05, 3.63) is 0 Å². The third-order valence-electron chi connectivity index (χ3n) is 1.56. The van der Waals surface area contributed by atoms with Gasteiger partial charge in [0, 0.05) is 13.2 Å². The Morgan fingerprint density at radius 3 is 2.12 bits per heavy atom. The monoisotopic (exact) mass is 268 g/mol. The van der Waals surface area contributed by atoms with E-state index in [1.54, 1.807) is 13.8 Å². The summed E-state index contributed by atoms with van der Waals surface area (Å²) in [5, 5.41) is -2.09. The van der Waals surface area contributed by atoms with Crippen molar-refractivity contribution in [1.29, 1.82) is 0 Å². The van der Waals surface area contributed by atoms with Crippen LogP contribution in [0.2, 0.25) is 0 Å². The van der Waals surface area contributed by atoms with Crippen molar-refractivity contribution < 1.29 is 26.4 Å². The molecular formula is C8H13O6PS. The first kappa shape index (κ1) is 15.5. The zero-order valence-electron chi connectivity index (χ0n) is 9.00. The largest absolute Gasteiger partial charge is 0.343 e. The molecule has 0 bridgehead atoms. The molecule has 0 saturated heterocycles. The number of ether oxygens (including phenoxy) is 2. The summed E-state index contributed by atoms with van der Waals surface area (Å²) < 4.78 is 47.6. The second-order valence-electron chi connectivity index (χ2n) is 2.53. The van der Waals surface area contributed by atoms with Crippen LogP contribution in [-0.4, -0.2) is 26.8 Å². The summed E-state index contributed by atoms with van der Waals surface area (Å²) in [6, 6.07) is 0. The maximum absolute atomic E-state index is 11.6. The molecule has 0 spiro atoms. The predicted octanol–water partition coefficient (Wildman–Crippen LogP) is 1.29. The van der Waals surface area contributed by atoms with Crippen LogP contribution in [0.25, 0.3) is 0 Å². The van der Waals surface area contributed by atoms with Gasteiger partial charge in [-0.05, 0) is 13.8 Å². The summed E-state index contributed by atoms with van der Waals surface area (Å²) >= 11 is 0. The van der Waals surface area contributed by atoms with Crippen molar-refractivity contribution in [2.24, 2.45) is 0 Å². The second-order valence-corrected chi connectivity index (χ2v) is 4.81. The van der Waals surface area contributed by atoms with Gasteiger partial charge < -0.3 is 9.47 Å². The van der Waals surface area contributed by atoms with E-state index in [9.17, 15) is 13.0 Å². The molecule has 8 heteroatoms. The molecule has 0 aliphatic rings. The van der Waals surface area contributed by atoms with Crippen LogP contribution < -0.4 is 0 Å². The molecule has 0 amide bonds. The van der Waals surface area contributed by atoms with Gasteiger partial charge in [0.15, 0.2) is 0 Å². The molecule has 0 rings (SSSR count). The summed E-state index contributed by atoms with van der Waals surface area (Å²) in [4.78, 5) is 0. The summed E-state index contributed by atoms with van der Waals surface area (Å²) in [7, 11) is -5.34. The molecule has 0 aromatic carbocycles. The smallest absolute Gasteiger partial charge is 0.335 e. The van der Waals surface area contributed by atoms with Gasteiger partial charge in [-0.2, -0.15) is 12.4 Å². The van der Waals surface area contributed by atoms with Gasteiger partial charge in [-0.1, -0.05) is 5.92 Å². The van der Waals surface area contributed by atoms with E-state index in [2.05, 4.69) is 9.89 Å². The van der Waals surface area contributed by atoms with Crippen LogP contribution in [0.4, 0.5) is 0 Å². The van der Waals surface area contributed by atoms with E-state index in [1.807, 2.05) is 0 Å². The van der Waals surface area contributed by atoms with Gasteiger partial charge in [0.05, 0.1) is 6.42 Å². The number of hydrogen-bond donors (Lipinski definition) is 0. The lowest BCUT2D eigenvalue weighted by molar-refractivity contribution is -0.171. The van der Waals surface area contributed by atoms with Gasteiger partial charge >= 0.3 is 23.9 Å². The summed E-state index contributed by atoms with van der Waals surface area (Å²) in [5.74, 6) is 2.13. The summed E-state index contributed by atoms with van der Waals surface area (Å²) in [6.45, 7) is 3.27. The van der Waals surface area contributed by atoms with Gasteiger partial charge in [0.25, 0.3) is 0 Å². The first-order valence-electron chi connectivity index (χ1n) is 4.46. The second kappa shape index (κ2) is 6.94. The van der Waals surface area contributed by atoms with Gasteiger partial charge in [-0.15, -0.1) is 6.42 Å². The maximum atomic E-state index is 11.6. The highest BCUT2D eigenvalue weighted by molar-refractivity contribution is 7.90. The van der Waals surface area contributed by atoms with Crippen molar-refractivity contribution in [3.63, 3.8) is 0 Å². The van der Waals surface area contributed by atoms with E-state index >= 15 is 0 Å². The van der Waals surface area contributed by atoms with Crippen molar-refractivity contribution in [3.8, 4) is 12.3 Å². The highest BCUT2D eigenvalue weighted by Crippen LogP contribution is 2.29. The molecule has 16 heavy (non-hydrogen) atoms. The molecule has 0 radical (unpaired) electrons. The Morgan fingerprint density at radius 1 is 1.31 bits per heavy atom. The average Bonchev–Trinajstić information content (AvgIpc) is 2.18. The van der Waals surface area contributed by atoms with E-state index in [-0.39, 0.29) is 19.6 Å². The number of rotatable bonds is 8. The van der Waals surface area contributed by atoms with Gasteiger partial charge in [0.2, 0.25) is 0 Å². The summed E-state index contributed by atoms with van der Waals surface area (Å²) in [5.41, 5.74) is 0. The minimum absolute atomic E-state index is 0.0556. The maximum Gasteiger partial charge on any atom is 0.343 e. The minimum atomic E-state index is -4.33. The van der Waals surface area contributed by atoms with Crippen molar-refractivity contribution >= 4 is 18.8 Å². The van der Waals surface area contributed by atoms with Gasteiger partial charge in [-0.25, -0.2) is 4.57 Å². The zero-order chi connectivity index (χ0) is 12.7. The molecule has 0 atom stereocenters. The molecule has 0 aromatic heterocycles.